The molecule has 0 fully saturated rings. The Morgan fingerprint density at radius 1 is 1.21 bits per heavy atom. The van der Waals surface area contributed by atoms with Crippen LogP contribution in [0.25, 0.3) is 0 Å². The number of aromatic nitrogens is 2. The van der Waals surface area contributed by atoms with Gasteiger partial charge in [0, 0.05) is 29.9 Å². The highest BCUT2D eigenvalue weighted by Crippen LogP contribution is 2.36. The number of rotatable bonds is 5. The second kappa shape index (κ2) is 7.75. The van der Waals surface area contributed by atoms with Crippen molar-refractivity contribution in [1.29, 1.82) is 0 Å². The van der Waals surface area contributed by atoms with Crippen LogP contribution in [0.4, 0.5) is 4.39 Å². The predicted molar refractivity (Wildman–Crippen MR) is 105 cm³/mol. The lowest BCUT2D eigenvalue weighted by Crippen LogP contribution is -2.30. The van der Waals surface area contributed by atoms with E-state index in [0.29, 0.717) is 22.8 Å². The third-order valence-electron chi connectivity index (χ3n) is 4.84. The molecule has 29 heavy (non-hydrogen) atoms. The Balaban J connectivity index is 1.68. The number of carbonyl (C=O) groups excluding carboxylic acids is 1. The van der Waals surface area contributed by atoms with Crippen LogP contribution < -0.4 is 9.47 Å². The minimum atomic E-state index is -0.427. The van der Waals surface area contributed by atoms with Gasteiger partial charge in [-0.3, -0.25) is 9.48 Å². The van der Waals surface area contributed by atoms with Crippen molar-refractivity contribution in [3.63, 3.8) is 0 Å². The van der Waals surface area contributed by atoms with E-state index in [1.54, 1.807) is 28.8 Å². The lowest BCUT2D eigenvalue weighted by atomic mass is 10.1. The largest absolute Gasteiger partial charge is 0.454 e. The third-order valence-corrected chi connectivity index (χ3v) is 5.19. The summed E-state index contributed by atoms with van der Waals surface area (Å²) in [6.07, 6.45) is 0. The number of hydrogen-bond donors (Lipinski definition) is 0. The van der Waals surface area contributed by atoms with Gasteiger partial charge < -0.3 is 14.4 Å². The minimum absolute atomic E-state index is 0.142. The van der Waals surface area contributed by atoms with Gasteiger partial charge in [0.2, 0.25) is 6.79 Å². The highest BCUT2D eigenvalue weighted by Gasteiger charge is 2.24. The molecule has 3 aromatic rings. The van der Waals surface area contributed by atoms with E-state index in [0.717, 1.165) is 11.3 Å². The first kappa shape index (κ1) is 19.3. The van der Waals surface area contributed by atoms with E-state index in [9.17, 15) is 9.18 Å². The van der Waals surface area contributed by atoms with Crippen molar-refractivity contribution in [1.82, 2.24) is 14.7 Å². The zero-order valence-electron chi connectivity index (χ0n) is 16.0. The van der Waals surface area contributed by atoms with E-state index in [1.165, 1.54) is 12.1 Å². The fourth-order valence-electron chi connectivity index (χ4n) is 3.20. The summed E-state index contributed by atoms with van der Waals surface area (Å²) in [4.78, 5) is 14.9. The minimum Gasteiger partial charge on any atom is -0.454 e. The van der Waals surface area contributed by atoms with E-state index < -0.39 is 5.82 Å². The Kier molecular flexibility index (Phi) is 5.15. The lowest BCUT2D eigenvalue weighted by molar-refractivity contribution is 0.0721. The van der Waals surface area contributed by atoms with E-state index in [2.05, 4.69) is 5.10 Å². The number of ether oxygens (including phenoxy) is 2. The zero-order valence-corrected chi connectivity index (χ0v) is 16.7. The molecule has 0 atom stereocenters. The topological polar surface area (TPSA) is 56.6 Å². The van der Waals surface area contributed by atoms with Gasteiger partial charge in [0.1, 0.15) is 5.82 Å². The van der Waals surface area contributed by atoms with Crippen molar-refractivity contribution in [2.24, 2.45) is 7.05 Å². The number of benzene rings is 2. The predicted octanol–water partition coefficient (Wildman–Crippen LogP) is 4.09. The molecule has 0 N–H and O–H groups in total. The van der Waals surface area contributed by atoms with Crippen LogP contribution in [0.3, 0.4) is 0 Å². The molecular weight excluding hydrogens is 397 g/mol. The molecule has 0 radical (unpaired) electrons. The van der Waals surface area contributed by atoms with Crippen molar-refractivity contribution in [3.05, 3.63) is 75.8 Å². The maximum atomic E-state index is 13.4. The van der Waals surface area contributed by atoms with Crippen LogP contribution in [-0.2, 0) is 20.1 Å². The van der Waals surface area contributed by atoms with Crippen molar-refractivity contribution in [2.45, 2.75) is 20.0 Å². The van der Waals surface area contributed by atoms with Crippen molar-refractivity contribution >= 4 is 17.5 Å². The second-order valence-electron chi connectivity index (χ2n) is 6.84. The molecule has 4 rings (SSSR count). The number of aryl methyl sites for hydroxylation is 2. The van der Waals surface area contributed by atoms with Crippen molar-refractivity contribution in [2.75, 3.05) is 6.79 Å². The number of halogens is 2. The maximum absolute atomic E-state index is 13.4. The molecule has 0 spiro atoms. The zero-order chi connectivity index (χ0) is 20.5. The summed E-state index contributed by atoms with van der Waals surface area (Å²) >= 11 is 6.21. The molecule has 1 aliphatic heterocycles. The number of nitrogens with zero attached hydrogens (tertiary/aromatic N) is 3. The molecule has 150 valence electrons. The van der Waals surface area contributed by atoms with Crippen LogP contribution in [0.1, 0.15) is 27.3 Å². The fourth-order valence-corrected chi connectivity index (χ4v) is 3.43. The van der Waals surface area contributed by atoms with Gasteiger partial charge in [0.25, 0.3) is 5.91 Å². The molecule has 0 saturated heterocycles. The Labute approximate surface area is 172 Å². The number of carbonyl (C=O) groups is 1. The average molecular weight is 416 g/mol. The molecule has 0 saturated carbocycles. The van der Waals surface area contributed by atoms with Crippen LogP contribution in [0.15, 0.2) is 42.5 Å². The second-order valence-corrected chi connectivity index (χ2v) is 7.25. The van der Waals surface area contributed by atoms with Gasteiger partial charge in [-0.1, -0.05) is 29.8 Å². The Hall–Kier alpha value is -3.06. The fraction of sp³-hybridized carbons (Fsp3) is 0.238. The van der Waals surface area contributed by atoms with Crippen molar-refractivity contribution < 1.29 is 18.7 Å². The molecule has 0 aliphatic carbocycles. The van der Waals surface area contributed by atoms with Gasteiger partial charge in [-0.15, -0.1) is 0 Å². The van der Waals surface area contributed by atoms with Crippen LogP contribution >= 0.6 is 11.6 Å². The van der Waals surface area contributed by atoms with Crippen molar-refractivity contribution in [3.8, 4) is 11.5 Å². The number of hydrogen-bond acceptors (Lipinski definition) is 4. The first-order valence-electron chi connectivity index (χ1n) is 9.03. The highest BCUT2D eigenvalue weighted by atomic mass is 35.5. The quantitative estimate of drug-likeness (QED) is 0.629. The summed E-state index contributed by atoms with van der Waals surface area (Å²) < 4.78 is 26.1. The first-order chi connectivity index (χ1) is 13.9. The van der Waals surface area contributed by atoms with E-state index in [1.807, 2.05) is 25.1 Å². The van der Waals surface area contributed by atoms with Gasteiger partial charge in [0.05, 0.1) is 6.54 Å². The SMILES string of the molecule is Cc1cc(C(=O)N(Cc2ccc(F)cc2Cl)Cc2cccc3c2OCO3)nn1C. The van der Waals surface area contributed by atoms with Crippen LogP contribution in [0.2, 0.25) is 5.02 Å². The molecule has 0 unspecified atom stereocenters. The average Bonchev–Trinajstić information content (AvgIpc) is 3.30. The number of fused-ring (bicyclic) bond motifs is 1. The molecule has 6 nitrogen and oxygen atoms in total. The van der Waals surface area contributed by atoms with Gasteiger partial charge in [0.15, 0.2) is 17.2 Å². The first-order valence-corrected chi connectivity index (χ1v) is 9.41. The molecule has 2 aromatic carbocycles. The van der Waals surface area contributed by atoms with E-state index >= 15 is 0 Å². The molecule has 1 aliphatic rings. The highest BCUT2D eigenvalue weighted by molar-refractivity contribution is 6.31. The monoisotopic (exact) mass is 415 g/mol. The standard InChI is InChI=1S/C21H19ClFN3O3/c1-13-8-18(24-25(13)2)21(27)26(10-14-6-7-16(23)9-17(14)22)11-15-4-3-5-19-20(15)29-12-28-19/h3-9H,10-12H2,1-2H3. The summed E-state index contributed by atoms with van der Waals surface area (Å²) in [6.45, 7) is 2.47. The van der Waals surface area contributed by atoms with Gasteiger partial charge in [-0.05, 0) is 36.8 Å². The molecule has 2 heterocycles. The number of para-hydroxylation sites is 1. The van der Waals surface area contributed by atoms with Crippen LogP contribution in [0, 0.1) is 12.7 Å². The van der Waals surface area contributed by atoms with E-state index in [4.69, 9.17) is 21.1 Å². The molecular formula is C21H19ClFN3O3. The molecule has 1 aromatic heterocycles. The third kappa shape index (κ3) is 3.91. The van der Waals surface area contributed by atoms with E-state index in [-0.39, 0.29) is 30.8 Å². The Morgan fingerprint density at radius 2 is 2.00 bits per heavy atom. The molecule has 1 amide bonds. The Bertz CT molecular complexity index is 1060. The van der Waals surface area contributed by atoms with Gasteiger partial charge in [-0.2, -0.15) is 5.10 Å². The summed E-state index contributed by atoms with van der Waals surface area (Å²) in [7, 11) is 1.78. The normalized spacial score (nSPS) is 12.3. The Morgan fingerprint density at radius 3 is 2.72 bits per heavy atom. The van der Waals surface area contributed by atoms with Gasteiger partial charge in [-0.25, -0.2) is 4.39 Å². The van der Waals surface area contributed by atoms with Crippen LogP contribution in [0.5, 0.6) is 11.5 Å². The summed E-state index contributed by atoms with van der Waals surface area (Å²) in [6, 6.07) is 11.4. The summed E-state index contributed by atoms with van der Waals surface area (Å²) in [5.41, 5.74) is 2.64. The summed E-state index contributed by atoms with van der Waals surface area (Å²) in [5.74, 6) is 0.574. The molecule has 0 bridgehead atoms. The molecule has 8 heteroatoms. The number of amides is 1. The van der Waals surface area contributed by atoms with Gasteiger partial charge >= 0.3 is 0 Å². The van der Waals surface area contributed by atoms with Crippen LogP contribution in [-0.4, -0.2) is 27.4 Å². The summed E-state index contributed by atoms with van der Waals surface area (Å²) in [5, 5.41) is 4.56. The maximum Gasteiger partial charge on any atom is 0.274 e. The lowest BCUT2D eigenvalue weighted by Gasteiger charge is -2.23. The smallest absolute Gasteiger partial charge is 0.274 e.